The number of amides is 4. The zero-order valence-electron chi connectivity index (χ0n) is 15.6. The minimum atomic E-state index is -1.07. The van der Waals surface area contributed by atoms with E-state index in [0.717, 1.165) is 0 Å². The minimum Gasteiger partial charge on any atom is -0.322 e. The predicted octanol–water partition coefficient (Wildman–Crippen LogP) is 1.34. The highest BCUT2D eigenvalue weighted by molar-refractivity contribution is 6.11. The summed E-state index contributed by atoms with van der Waals surface area (Å²) in [6.07, 6.45) is 0.378. The summed E-state index contributed by atoms with van der Waals surface area (Å²) in [6.45, 7) is 6.90. The summed E-state index contributed by atoms with van der Waals surface area (Å²) < 4.78 is 1.21. The SMILES string of the molecule is CC[C@]1(C)NC(=O)N(NC(=O)c2nn(C(C)C)c(=O)c3ccccc23)C1=O. The van der Waals surface area contributed by atoms with E-state index in [9.17, 15) is 19.2 Å². The van der Waals surface area contributed by atoms with Crippen molar-refractivity contribution in [3.05, 3.63) is 40.3 Å². The second kappa shape index (κ2) is 6.49. The normalized spacial score (nSPS) is 19.7. The van der Waals surface area contributed by atoms with Crippen LogP contribution in [0.4, 0.5) is 4.79 Å². The van der Waals surface area contributed by atoms with E-state index in [1.54, 1.807) is 52.0 Å². The van der Waals surface area contributed by atoms with Crippen LogP contribution in [0.15, 0.2) is 29.1 Å². The van der Waals surface area contributed by atoms with Gasteiger partial charge in [0.1, 0.15) is 5.54 Å². The number of hydrogen-bond donors (Lipinski definition) is 2. The predicted molar refractivity (Wildman–Crippen MR) is 97.9 cm³/mol. The van der Waals surface area contributed by atoms with E-state index in [4.69, 9.17) is 0 Å². The van der Waals surface area contributed by atoms with Crippen LogP contribution in [0.2, 0.25) is 0 Å². The standard InChI is InChI=1S/C18H21N5O4/c1-5-18(4)16(26)23(17(27)19-18)21-14(24)13-11-8-6-7-9-12(11)15(25)22(20-13)10(2)3/h6-10H,5H2,1-4H3,(H,19,27)(H,21,24)/t18-/m0/s1. The largest absolute Gasteiger partial charge is 0.344 e. The maximum atomic E-state index is 12.8. The Morgan fingerprint density at radius 3 is 2.41 bits per heavy atom. The third kappa shape index (κ3) is 2.94. The maximum absolute atomic E-state index is 12.8. The smallest absolute Gasteiger partial charge is 0.322 e. The molecule has 9 nitrogen and oxygen atoms in total. The Hall–Kier alpha value is -3.23. The van der Waals surface area contributed by atoms with E-state index in [1.165, 1.54) is 4.68 Å². The van der Waals surface area contributed by atoms with Gasteiger partial charge in [-0.05, 0) is 33.3 Å². The highest BCUT2D eigenvalue weighted by Crippen LogP contribution is 2.20. The van der Waals surface area contributed by atoms with Crippen LogP contribution < -0.4 is 16.3 Å². The van der Waals surface area contributed by atoms with E-state index in [0.29, 0.717) is 22.2 Å². The first-order valence-electron chi connectivity index (χ1n) is 8.69. The number of rotatable bonds is 4. The van der Waals surface area contributed by atoms with Crippen LogP contribution >= 0.6 is 0 Å². The van der Waals surface area contributed by atoms with Crippen LogP contribution in [0, 0.1) is 0 Å². The molecule has 1 aromatic heterocycles. The summed E-state index contributed by atoms with van der Waals surface area (Å²) in [4.78, 5) is 50.0. The quantitative estimate of drug-likeness (QED) is 0.788. The summed E-state index contributed by atoms with van der Waals surface area (Å²) in [6, 6.07) is 5.61. The molecule has 1 fully saturated rings. The van der Waals surface area contributed by atoms with Crippen molar-refractivity contribution in [2.75, 3.05) is 0 Å². The summed E-state index contributed by atoms with van der Waals surface area (Å²) >= 11 is 0. The first-order chi connectivity index (χ1) is 12.7. The third-order valence-corrected chi connectivity index (χ3v) is 4.71. The van der Waals surface area contributed by atoms with E-state index in [-0.39, 0.29) is 17.3 Å². The van der Waals surface area contributed by atoms with Gasteiger partial charge >= 0.3 is 6.03 Å². The number of hydrazine groups is 1. The molecule has 142 valence electrons. The van der Waals surface area contributed by atoms with Crippen molar-refractivity contribution in [2.45, 2.75) is 45.7 Å². The first-order valence-corrected chi connectivity index (χ1v) is 8.69. The average Bonchev–Trinajstić information content (AvgIpc) is 2.85. The number of nitrogens with zero attached hydrogens (tertiary/aromatic N) is 3. The molecular weight excluding hydrogens is 350 g/mol. The van der Waals surface area contributed by atoms with Crippen molar-refractivity contribution < 1.29 is 14.4 Å². The van der Waals surface area contributed by atoms with Gasteiger partial charge in [-0.15, -0.1) is 0 Å². The number of hydrogen-bond acceptors (Lipinski definition) is 5. The molecule has 0 unspecified atom stereocenters. The Balaban J connectivity index is 2.04. The number of imide groups is 1. The van der Waals surface area contributed by atoms with E-state index in [2.05, 4.69) is 15.8 Å². The topological polar surface area (TPSA) is 113 Å². The zero-order chi connectivity index (χ0) is 19.9. The van der Waals surface area contributed by atoms with Crippen molar-refractivity contribution in [1.82, 2.24) is 25.5 Å². The van der Waals surface area contributed by atoms with Crippen molar-refractivity contribution in [3.8, 4) is 0 Å². The molecule has 1 aliphatic heterocycles. The molecule has 1 aliphatic rings. The molecule has 1 aromatic carbocycles. The number of aromatic nitrogens is 2. The summed E-state index contributed by atoms with van der Waals surface area (Å²) in [5, 5.41) is 8.07. The average molecular weight is 371 g/mol. The van der Waals surface area contributed by atoms with E-state index >= 15 is 0 Å². The zero-order valence-corrected chi connectivity index (χ0v) is 15.6. The molecule has 0 aliphatic carbocycles. The molecule has 1 atom stereocenters. The van der Waals surface area contributed by atoms with Crippen molar-refractivity contribution >= 4 is 28.6 Å². The number of benzene rings is 1. The van der Waals surface area contributed by atoms with Gasteiger partial charge in [-0.2, -0.15) is 10.1 Å². The van der Waals surface area contributed by atoms with Gasteiger partial charge in [-0.3, -0.25) is 19.8 Å². The van der Waals surface area contributed by atoms with Gasteiger partial charge in [-0.25, -0.2) is 9.48 Å². The van der Waals surface area contributed by atoms with Gasteiger partial charge in [0.15, 0.2) is 5.69 Å². The van der Waals surface area contributed by atoms with Gasteiger partial charge in [-0.1, -0.05) is 25.1 Å². The van der Waals surface area contributed by atoms with Crippen LogP contribution in [-0.2, 0) is 4.79 Å². The molecule has 27 heavy (non-hydrogen) atoms. The second-order valence-electron chi connectivity index (χ2n) is 6.93. The van der Waals surface area contributed by atoms with Gasteiger partial charge in [0.25, 0.3) is 17.4 Å². The molecule has 1 saturated heterocycles. The van der Waals surface area contributed by atoms with E-state index < -0.39 is 23.4 Å². The van der Waals surface area contributed by atoms with Gasteiger partial charge < -0.3 is 5.32 Å². The van der Waals surface area contributed by atoms with Crippen LogP contribution in [-0.4, -0.2) is 38.2 Å². The highest BCUT2D eigenvalue weighted by Gasteiger charge is 2.47. The molecular formula is C18H21N5O4. The van der Waals surface area contributed by atoms with Crippen LogP contribution in [0.1, 0.15) is 50.6 Å². The summed E-state index contributed by atoms with van der Waals surface area (Å²) in [7, 11) is 0. The summed E-state index contributed by atoms with van der Waals surface area (Å²) in [5.74, 6) is -1.30. The first kappa shape index (κ1) is 18.6. The molecule has 2 aromatic rings. The second-order valence-corrected chi connectivity index (χ2v) is 6.93. The van der Waals surface area contributed by atoms with Crippen LogP contribution in [0.25, 0.3) is 10.8 Å². The number of nitrogens with one attached hydrogen (secondary N) is 2. The molecule has 4 amide bonds. The Labute approximate surface area is 155 Å². The lowest BCUT2D eigenvalue weighted by Crippen LogP contribution is -2.49. The molecule has 9 heteroatoms. The van der Waals surface area contributed by atoms with Crippen molar-refractivity contribution in [3.63, 3.8) is 0 Å². The monoisotopic (exact) mass is 371 g/mol. The summed E-state index contributed by atoms with van der Waals surface area (Å²) in [5.41, 5.74) is 0.892. The van der Waals surface area contributed by atoms with Gasteiger partial charge in [0.05, 0.1) is 11.4 Å². The lowest BCUT2D eigenvalue weighted by molar-refractivity contribution is -0.132. The number of urea groups is 1. The minimum absolute atomic E-state index is 0.0374. The Morgan fingerprint density at radius 2 is 1.85 bits per heavy atom. The van der Waals surface area contributed by atoms with Crippen molar-refractivity contribution in [2.24, 2.45) is 0 Å². The Bertz CT molecular complexity index is 1010. The third-order valence-electron chi connectivity index (χ3n) is 4.71. The fourth-order valence-electron chi connectivity index (χ4n) is 2.90. The van der Waals surface area contributed by atoms with E-state index in [1.807, 2.05) is 0 Å². The Kier molecular flexibility index (Phi) is 4.46. The fourth-order valence-corrected chi connectivity index (χ4v) is 2.90. The number of carbonyl (C=O) groups excluding carboxylic acids is 3. The fraction of sp³-hybridized carbons (Fsp3) is 0.389. The maximum Gasteiger partial charge on any atom is 0.344 e. The van der Waals surface area contributed by atoms with Gasteiger partial charge in [0.2, 0.25) is 0 Å². The molecule has 2 heterocycles. The van der Waals surface area contributed by atoms with Gasteiger partial charge in [0, 0.05) is 5.39 Å². The lowest BCUT2D eigenvalue weighted by Gasteiger charge is -2.19. The number of carbonyl (C=O) groups is 3. The molecule has 0 saturated carbocycles. The highest BCUT2D eigenvalue weighted by atomic mass is 16.2. The van der Waals surface area contributed by atoms with Crippen LogP contribution in [0.3, 0.4) is 0 Å². The molecule has 2 N–H and O–H groups in total. The number of fused-ring (bicyclic) bond motifs is 1. The Morgan fingerprint density at radius 1 is 1.22 bits per heavy atom. The molecule has 0 spiro atoms. The lowest BCUT2D eigenvalue weighted by atomic mass is 10.00. The molecule has 3 rings (SSSR count). The van der Waals surface area contributed by atoms with Crippen molar-refractivity contribution in [1.29, 1.82) is 0 Å². The molecule has 0 bridgehead atoms. The molecule has 0 radical (unpaired) electrons. The van der Waals surface area contributed by atoms with Crippen LogP contribution in [0.5, 0.6) is 0 Å².